The van der Waals surface area contributed by atoms with Crippen molar-refractivity contribution in [3.63, 3.8) is 0 Å². The number of para-hydroxylation sites is 1. The standard InChI is InChI=1S/C22H31N3O2.ClH/c1-16-13-24(12-11-23-16)22(26)19-15-25(14-17-7-4-3-5-8-17)21-18(19)9-6-10-20(21)27-2;/h6,9-10,15-17,23H,3-5,7-8,11-14H2,1-2H3;1H. The number of amides is 1. The second-order valence-corrected chi connectivity index (χ2v) is 8.16. The van der Waals surface area contributed by atoms with Crippen LogP contribution in [0, 0.1) is 5.92 Å². The molecule has 1 aliphatic carbocycles. The summed E-state index contributed by atoms with van der Waals surface area (Å²) in [7, 11) is 1.71. The number of carbonyl (C=O) groups excluding carboxylic acids is 1. The Balaban J connectivity index is 0.00000225. The Bertz CT molecular complexity index is 813. The number of hydrogen-bond donors (Lipinski definition) is 1. The number of fused-ring (bicyclic) bond motifs is 1. The second kappa shape index (κ2) is 9.19. The van der Waals surface area contributed by atoms with E-state index in [1.165, 1.54) is 32.1 Å². The molecule has 6 heteroatoms. The fourth-order valence-corrected chi connectivity index (χ4v) is 4.74. The van der Waals surface area contributed by atoms with E-state index in [-0.39, 0.29) is 18.3 Å². The summed E-state index contributed by atoms with van der Waals surface area (Å²) in [5.41, 5.74) is 1.88. The third-order valence-electron chi connectivity index (χ3n) is 6.15. The maximum Gasteiger partial charge on any atom is 0.256 e. The van der Waals surface area contributed by atoms with Crippen LogP contribution in [0.2, 0.25) is 0 Å². The molecule has 1 saturated heterocycles. The fourth-order valence-electron chi connectivity index (χ4n) is 4.74. The van der Waals surface area contributed by atoms with Gasteiger partial charge in [-0.1, -0.05) is 31.4 Å². The predicted molar refractivity (Wildman–Crippen MR) is 116 cm³/mol. The minimum atomic E-state index is 0. The monoisotopic (exact) mass is 405 g/mol. The second-order valence-electron chi connectivity index (χ2n) is 8.16. The lowest BCUT2D eigenvalue weighted by Gasteiger charge is -2.31. The van der Waals surface area contributed by atoms with Gasteiger partial charge in [-0.25, -0.2) is 0 Å². The van der Waals surface area contributed by atoms with Crippen LogP contribution >= 0.6 is 12.4 Å². The molecule has 28 heavy (non-hydrogen) atoms. The molecule has 1 amide bonds. The Hall–Kier alpha value is -1.72. The van der Waals surface area contributed by atoms with Crippen molar-refractivity contribution in [1.29, 1.82) is 0 Å². The van der Waals surface area contributed by atoms with Gasteiger partial charge in [-0.2, -0.15) is 0 Å². The summed E-state index contributed by atoms with van der Waals surface area (Å²) in [5, 5.41) is 4.43. The predicted octanol–water partition coefficient (Wildman–Crippen LogP) is 4.09. The SMILES string of the molecule is COc1cccc2c(C(=O)N3CCNC(C)C3)cn(CC3CCCCC3)c12.Cl. The van der Waals surface area contributed by atoms with Crippen LogP contribution in [-0.4, -0.2) is 48.2 Å². The van der Waals surface area contributed by atoms with Gasteiger partial charge in [0.15, 0.2) is 0 Å². The van der Waals surface area contributed by atoms with Gasteiger partial charge in [-0.05, 0) is 31.7 Å². The van der Waals surface area contributed by atoms with Crippen molar-refractivity contribution in [3.05, 3.63) is 30.0 Å². The van der Waals surface area contributed by atoms with Crippen molar-refractivity contribution < 1.29 is 9.53 Å². The average molecular weight is 406 g/mol. The van der Waals surface area contributed by atoms with Crippen molar-refractivity contribution >= 4 is 29.2 Å². The molecule has 1 aromatic carbocycles. The van der Waals surface area contributed by atoms with E-state index in [4.69, 9.17) is 4.74 Å². The van der Waals surface area contributed by atoms with E-state index in [0.29, 0.717) is 12.0 Å². The van der Waals surface area contributed by atoms with Gasteiger partial charge in [-0.15, -0.1) is 12.4 Å². The zero-order valence-electron chi connectivity index (χ0n) is 16.9. The summed E-state index contributed by atoms with van der Waals surface area (Å²) < 4.78 is 7.94. The fraction of sp³-hybridized carbons (Fsp3) is 0.591. The van der Waals surface area contributed by atoms with Crippen molar-refractivity contribution in [1.82, 2.24) is 14.8 Å². The van der Waals surface area contributed by atoms with Crippen molar-refractivity contribution in [3.8, 4) is 5.75 Å². The first-order chi connectivity index (χ1) is 13.2. The molecule has 1 aliphatic heterocycles. The van der Waals surface area contributed by atoms with Crippen molar-refractivity contribution in [2.75, 3.05) is 26.7 Å². The highest BCUT2D eigenvalue weighted by Gasteiger charge is 2.26. The molecule has 1 unspecified atom stereocenters. The van der Waals surface area contributed by atoms with Crippen molar-refractivity contribution in [2.45, 2.75) is 51.6 Å². The number of carbonyl (C=O) groups is 1. The summed E-state index contributed by atoms with van der Waals surface area (Å²) in [6, 6.07) is 6.39. The number of hydrogen-bond acceptors (Lipinski definition) is 3. The third kappa shape index (κ3) is 4.15. The van der Waals surface area contributed by atoms with Crippen LogP contribution in [0.5, 0.6) is 5.75 Å². The van der Waals surface area contributed by atoms with E-state index in [1.54, 1.807) is 7.11 Å². The largest absolute Gasteiger partial charge is 0.495 e. The molecule has 1 atom stereocenters. The lowest BCUT2D eigenvalue weighted by atomic mass is 9.89. The van der Waals surface area contributed by atoms with E-state index in [9.17, 15) is 4.79 Å². The average Bonchev–Trinajstić information content (AvgIpc) is 3.07. The zero-order valence-corrected chi connectivity index (χ0v) is 17.8. The number of rotatable bonds is 4. The quantitative estimate of drug-likeness (QED) is 0.833. The summed E-state index contributed by atoms with van der Waals surface area (Å²) in [6.07, 6.45) is 8.66. The van der Waals surface area contributed by atoms with Gasteiger partial charge in [-0.3, -0.25) is 4.79 Å². The first kappa shape index (κ1) is 21.0. The molecule has 0 radical (unpaired) electrons. The highest BCUT2D eigenvalue weighted by molar-refractivity contribution is 6.08. The number of methoxy groups -OCH3 is 1. The molecule has 2 aromatic rings. The lowest BCUT2D eigenvalue weighted by molar-refractivity contribution is 0.0710. The number of halogens is 1. The summed E-state index contributed by atoms with van der Waals surface area (Å²) >= 11 is 0. The first-order valence-electron chi connectivity index (χ1n) is 10.4. The first-order valence-corrected chi connectivity index (χ1v) is 10.4. The van der Waals surface area contributed by atoms with Gasteiger partial charge < -0.3 is 19.5 Å². The number of aromatic nitrogens is 1. The van der Waals surface area contributed by atoms with Crippen LogP contribution in [0.25, 0.3) is 10.9 Å². The molecule has 2 fully saturated rings. The maximum absolute atomic E-state index is 13.3. The molecule has 5 nitrogen and oxygen atoms in total. The van der Waals surface area contributed by atoms with Gasteiger partial charge in [0.2, 0.25) is 0 Å². The van der Waals surface area contributed by atoms with Crippen LogP contribution in [0.15, 0.2) is 24.4 Å². The number of ether oxygens (including phenoxy) is 1. The molecule has 2 heterocycles. The third-order valence-corrected chi connectivity index (χ3v) is 6.15. The number of piperazine rings is 1. The van der Waals surface area contributed by atoms with Gasteiger partial charge in [0.25, 0.3) is 5.91 Å². The molecule has 4 rings (SSSR count). The van der Waals surface area contributed by atoms with Crippen LogP contribution in [-0.2, 0) is 6.54 Å². The molecule has 1 N–H and O–H groups in total. The van der Waals surface area contributed by atoms with Gasteiger partial charge in [0, 0.05) is 43.8 Å². The number of nitrogens with zero attached hydrogens (tertiary/aromatic N) is 2. The molecule has 0 bridgehead atoms. The molecular formula is C22H32ClN3O2. The highest BCUT2D eigenvalue weighted by Crippen LogP contribution is 2.33. The smallest absolute Gasteiger partial charge is 0.256 e. The minimum absolute atomic E-state index is 0. The Morgan fingerprint density at radius 1 is 1.25 bits per heavy atom. The van der Waals surface area contributed by atoms with Gasteiger partial charge >= 0.3 is 0 Å². The normalized spacial score (nSPS) is 20.8. The van der Waals surface area contributed by atoms with E-state index in [2.05, 4.69) is 29.1 Å². The summed E-state index contributed by atoms with van der Waals surface area (Å²) in [4.78, 5) is 15.3. The van der Waals surface area contributed by atoms with Crippen LogP contribution in [0.1, 0.15) is 49.4 Å². The van der Waals surface area contributed by atoms with Gasteiger partial charge in [0.05, 0.1) is 18.2 Å². The molecule has 1 aromatic heterocycles. The maximum atomic E-state index is 13.3. The number of nitrogens with one attached hydrogen (secondary N) is 1. The van der Waals surface area contributed by atoms with Crippen LogP contribution in [0.3, 0.4) is 0 Å². The zero-order chi connectivity index (χ0) is 18.8. The topological polar surface area (TPSA) is 46.5 Å². The molecule has 0 spiro atoms. The minimum Gasteiger partial charge on any atom is -0.495 e. The molecular weight excluding hydrogens is 374 g/mol. The van der Waals surface area contributed by atoms with E-state index in [0.717, 1.165) is 48.4 Å². The molecule has 2 aliphatic rings. The Morgan fingerprint density at radius 3 is 2.75 bits per heavy atom. The molecule has 154 valence electrons. The highest BCUT2D eigenvalue weighted by atomic mass is 35.5. The van der Waals surface area contributed by atoms with Crippen LogP contribution in [0.4, 0.5) is 0 Å². The Morgan fingerprint density at radius 2 is 2.04 bits per heavy atom. The van der Waals surface area contributed by atoms with E-state index < -0.39 is 0 Å². The summed E-state index contributed by atoms with van der Waals surface area (Å²) in [6.45, 7) is 5.49. The van der Waals surface area contributed by atoms with Crippen molar-refractivity contribution in [2.24, 2.45) is 5.92 Å². The lowest BCUT2D eigenvalue weighted by Crippen LogP contribution is -2.51. The Kier molecular flexibility index (Phi) is 6.89. The molecule has 1 saturated carbocycles. The van der Waals surface area contributed by atoms with E-state index >= 15 is 0 Å². The number of benzene rings is 1. The van der Waals surface area contributed by atoms with Crippen LogP contribution < -0.4 is 10.1 Å². The van der Waals surface area contributed by atoms with Gasteiger partial charge in [0.1, 0.15) is 5.75 Å². The Labute approximate surface area is 173 Å². The summed E-state index contributed by atoms with van der Waals surface area (Å²) in [5.74, 6) is 1.70. The van der Waals surface area contributed by atoms with E-state index in [1.807, 2.05) is 17.0 Å².